The second-order valence-electron chi connectivity index (χ2n) is 2.57. The van der Waals surface area contributed by atoms with Gasteiger partial charge in [0, 0.05) is 13.0 Å². The Morgan fingerprint density at radius 3 is 2.82 bits per heavy atom. The van der Waals surface area contributed by atoms with Crippen LogP contribution in [0.5, 0.6) is 0 Å². The SMILES string of the molecule is CN(C)CCc1nc(=O)[nH]o1. The minimum Gasteiger partial charge on any atom is -0.362 e. The van der Waals surface area contributed by atoms with Crippen LogP contribution in [0.2, 0.25) is 0 Å². The number of nitrogens with zero attached hydrogens (tertiary/aromatic N) is 2. The molecule has 0 spiro atoms. The quantitative estimate of drug-likeness (QED) is 0.640. The molecule has 0 aromatic carbocycles. The Morgan fingerprint density at radius 2 is 2.36 bits per heavy atom. The largest absolute Gasteiger partial charge is 0.377 e. The lowest BCUT2D eigenvalue weighted by atomic mass is 10.4. The van der Waals surface area contributed by atoms with Crippen LogP contribution in [-0.2, 0) is 6.42 Å². The van der Waals surface area contributed by atoms with Gasteiger partial charge in [-0.25, -0.2) is 4.79 Å². The maximum Gasteiger partial charge on any atom is 0.377 e. The summed E-state index contributed by atoms with van der Waals surface area (Å²) in [5.74, 6) is 0.462. The molecule has 0 amide bonds. The molecule has 0 atom stereocenters. The molecule has 0 unspecified atom stereocenters. The van der Waals surface area contributed by atoms with Crippen LogP contribution in [0, 0.1) is 0 Å². The van der Waals surface area contributed by atoms with E-state index in [0.717, 1.165) is 6.54 Å². The molecule has 1 aromatic rings. The first-order valence-corrected chi connectivity index (χ1v) is 3.37. The summed E-state index contributed by atoms with van der Waals surface area (Å²) in [5.41, 5.74) is -0.418. The number of likely N-dealkylation sites (N-methyl/N-ethyl adjacent to an activating group) is 1. The molecule has 0 radical (unpaired) electrons. The van der Waals surface area contributed by atoms with Crippen LogP contribution in [0.3, 0.4) is 0 Å². The molecule has 1 N–H and O–H groups in total. The first-order chi connectivity index (χ1) is 5.18. The zero-order valence-electron chi connectivity index (χ0n) is 6.63. The van der Waals surface area contributed by atoms with Crippen molar-refractivity contribution in [2.75, 3.05) is 20.6 Å². The monoisotopic (exact) mass is 157 g/mol. The summed E-state index contributed by atoms with van der Waals surface area (Å²) in [6.45, 7) is 0.827. The fourth-order valence-electron chi connectivity index (χ4n) is 0.688. The molecule has 1 rings (SSSR count). The Bertz CT molecular complexity index is 263. The average molecular weight is 157 g/mol. The minimum absolute atomic E-state index is 0.418. The van der Waals surface area contributed by atoms with Crippen molar-refractivity contribution in [2.24, 2.45) is 0 Å². The van der Waals surface area contributed by atoms with Crippen LogP contribution in [-0.4, -0.2) is 35.7 Å². The van der Waals surface area contributed by atoms with Gasteiger partial charge in [0.15, 0.2) is 0 Å². The number of H-pyrrole nitrogens is 1. The maximum absolute atomic E-state index is 10.5. The normalized spacial score (nSPS) is 10.8. The summed E-state index contributed by atoms with van der Waals surface area (Å²) in [6.07, 6.45) is 0.658. The highest BCUT2D eigenvalue weighted by Crippen LogP contribution is 1.89. The van der Waals surface area contributed by atoms with Gasteiger partial charge in [-0.05, 0) is 14.1 Å². The van der Waals surface area contributed by atoms with Crippen LogP contribution in [0.1, 0.15) is 5.89 Å². The molecule has 0 aliphatic heterocycles. The summed E-state index contributed by atoms with van der Waals surface area (Å²) < 4.78 is 4.74. The standard InChI is InChI=1S/C6H11N3O2/c1-9(2)4-3-5-7-6(10)8-11-5/h3-4H2,1-2H3,(H,8,10). The van der Waals surface area contributed by atoms with Gasteiger partial charge in [-0.3, -0.25) is 0 Å². The third-order valence-corrected chi connectivity index (χ3v) is 1.26. The zero-order valence-corrected chi connectivity index (χ0v) is 6.63. The second-order valence-corrected chi connectivity index (χ2v) is 2.57. The maximum atomic E-state index is 10.5. The van der Waals surface area contributed by atoms with Gasteiger partial charge in [-0.15, -0.1) is 0 Å². The first-order valence-electron chi connectivity index (χ1n) is 3.37. The third-order valence-electron chi connectivity index (χ3n) is 1.26. The molecule has 62 valence electrons. The lowest BCUT2D eigenvalue weighted by molar-refractivity contribution is 0.342. The van der Waals surface area contributed by atoms with E-state index >= 15 is 0 Å². The average Bonchev–Trinajstić information content (AvgIpc) is 2.31. The van der Waals surface area contributed by atoms with Crippen LogP contribution in [0.4, 0.5) is 0 Å². The van der Waals surface area contributed by atoms with E-state index in [2.05, 4.69) is 10.1 Å². The Kier molecular flexibility index (Phi) is 2.43. The Morgan fingerprint density at radius 1 is 1.64 bits per heavy atom. The van der Waals surface area contributed by atoms with Crippen molar-refractivity contribution in [3.63, 3.8) is 0 Å². The molecule has 5 nitrogen and oxygen atoms in total. The van der Waals surface area contributed by atoms with Gasteiger partial charge in [-0.2, -0.15) is 10.1 Å². The van der Waals surface area contributed by atoms with Gasteiger partial charge < -0.3 is 9.42 Å². The third kappa shape index (κ3) is 2.55. The minimum atomic E-state index is -0.418. The van der Waals surface area contributed by atoms with Crippen LogP contribution >= 0.6 is 0 Å². The van der Waals surface area contributed by atoms with Crippen LogP contribution in [0.25, 0.3) is 0 Å². The highest BCUT2D eigenvalue weighted by Gasteiger charge is 2.00. The molecular weight excluding hydrogens is 146 g/mol. The lowest BCUT2D eigenvalue weighted by Gasteiger charge is -2.05. The smallest absolute Gasteiger partial charge is 0.362 e. The van der Waals surface area contributed by atoms with E-state index < -0.39 is 5.69 Å². The van der Waals surface area contributed by atoms with E-state index in [-0.39, 0.29) is 0 Å². The number of aromatic amines is 1. The van der Waals surface area contributed by atoms with Gasteiger partial charge in [0.2, 0.25) is 5.89 Å². The number of rotatable bonds is 3. The summed E-state index contributed by atoms with van der Waals surface area (Å²) in [5, 5.41) is 2.13. The summed E-state index contributed by atoms with van der Waals surface area (Å²) in [4.78, 5) is 16.0. The van der Waals surface area contributed by atoms with Crippen molar-refractivity contribution in [3.05, 3.63) is 16.4 Å². The van der Waals surface area contributed by atoms with Crippen molar-refractivity contribution >= 4 is 0 Å². The molecule has 0 saturated carbocycles. The first kappa shape index (κ1) is 8.00. The summed E-state index contributed by atoms with van der Waals surface area (Å²) >= 11 is 0. The molecule has 1 heterocycles. The summed E-state index contributed by atoms with van der Waals surface area (Å²) in [6, 6.07) is 0. The topological polar surface area (TPSA) is 62.1 Å². The van der Waals surface area contributed by atoms with Crippen molar-refractivity contribution in [3.8, 4) is 0 Å². The highest BCUT2D eigenvalue weighted by molar-refractivity contribution is 4.75. The fraction of sp³-hybridized carbons (Fsp3) is 0.667. The Hall–Kier alpha value is -1.10. The van der Waals surface area contributed by atoms with Crippen LogP contribution < -0.4 is 5.69 Å². The molecule has 0 aliphatic rings. The van der Waals surface area contributed by atoms with Crippen molar-refractivity contribution in [1.82, 2.24) is 15.0 Å². The number of hydrogen-bond donors (Lipinski definition) is 1. The van der Waals surface area contributed by atoms with Crippen molar-refractivity contribution in [2.45, 2.75) is 6.42 Å². The van der Waals surface area contributed by atoms with E-state index in [1.807, 2.05) is 19.0 Å². The van der Waals surface area contributed by atoms with Gasteiger partial charge in [0.25, 0.3) is 0 Å². The molecule has 0 fully saturated rings. The van der Waals surface area contributed by atoms with Crippen LogP contribution in [0.15, 0.2) is 9.32 Å². The van der Waals surface area contributed by atoms with Gasteiger partial charge >= 0.3 is 5.69 Å². The zero-order chi connectivity index (χ0) is 8.27. The van der Waals surface area contributed by atoms with E-state index in [4.69, 9.17) is 4.52 Å². The van der Waals surface area contributed by atoms with Crippen molar-refractivity contribution in [1.29, 1.82) is 0 Å². The van der Waals surface area contributed by atoms with Gasteiger partial charge in [-0.1, -0.05) is 0 Å². The summed E-state index contributed by atoms with van der Waals surface area (Å²) in [7, 11) is 3.90. The number of aromatic nitrogens is 2. The molecule has 11 heavy (non-hydrogen) atoms. The fourth-order valence-corrected chi connectivity index (χ4v) is 0.688. The predicted molar refractivity (Wildman–Crippen MR) is 39.4 cm³/mol. The van der Waals surface area contributed by atoms with Gasteiger partial charge in [0.05, 0.1) is 0 Å². The lowest BCUT2D eigenvalue weighted by Crippen LogP contribution is -2.15. The Labute approximate surface area is 64.0 Å². The number of hydrogen-bond acceptors (Lipinski definition) is 4. The molecule has 1 aromatic heterocycles. The van der Waals surface area contributed by atoms with E-state index in [9.17, 15) is 4.79 Å². The molecule has 0 aliphatic carbocycles. The van der Waals surface area contributed by atoms with E-state index in [1.165, 1.54) is 0 Å². The molecule has 0 bridgehead atoms. The molecular formula is C6H11N3O2. The number of nitrogens with one attached hydrogen (secondary N) is 1. The molecule has 5 heteroatoms. The predicted octanol–water partition coefficient (Wildman–Crippen LogP) is -0.533. The van der Waals surface area contributed by atoms with Gasteiger partial charge in [0.1, 0.15) is 0 Å². The Balaban J connectivity index is 2.45. The molecule has 0 saturated heterocycles. The highest BCUT2D eigenvalue weighted by atomic mass is 16.5. The second kappa shape index (κ2) is 3.34. The van der Waals surface area contributed by atoms with E-state index in [1.54, 1.807) is 0 Å². The van der Waals surface area contributed by atoms with E-state index in [0.29, 0.717) is 12.3 Å². The van der Waals surface area contributed by atoms with Crippen molar-refractivity contribution < 1.29 is 4.52 Å².